The molecule has 1 aliphatic rings. The van der Waals surface area contributed by atoms with E-state index in [1.807, 2.05) is 6.92 Å². The number of ether oxygens (including phenoxy) is 1. The van der Waals surface area contributed by atoms with E-state index < -0.39 is 5.97 Å². The van der Waals surface area contributed by atoms with Gasteiger partial charge in [-0.2, -0.15) is 0 Å². The number of hydrogen-bond acceptors (Lipinski definition) is 4. The van der Waals surface area contributed by atoms with E-state index in [1.54, 1.807) is 7.11 Å². The van der Waals surface area contributed by atoms with Gasteiger partial charge < -0.3 is 9.57 Å². The van der Waals surface area contributed by atoms with Crippen LogP contribution in [0, 0.1) is 13.8 Å². The van der Waals surface area contributed by atoms with Crippen molar-refractivity contribution in [3.05, 3.63) is 28.3 Å². The van der Waals surface area contributed by atoms with Crippen LogP contribution in [0.3, 0.4) is 0 Å². The van der Waals surface area contributed by atoms with E-state index in [-0.39, 0.29) is 0 Å². The van der Waals surface area contributed by atoms with Crippen LogP contribution in [0.15, 0.2) is 11.2 Å². The SMILES string of the molecule is COc1c(C)c(C)cc2c1CC/C2=N/OC(C)=O. The van der Waals surface area contributed by atoms with Gasteiger partial charge in [-0.3, -0.25) is 0 Å². The summed E-state index contributed by atoms with van der Waals surface area (Å²) in [5.74, 6) is 0.532. The number of carbonyl (C=O) groups is 1. The largest absolute Gasteiger partial charge is 0.496 e. The van der Waals surface area contributed by atoms with Crippen molar-refractivity contribution in [2.45, 2.75) is 33.6 Å². The van der Waals surface area contributed by atoms with Crippen molar-refractivity contribution in [2.24, 2.45) is 5.16 Å². The molecule has 18 heavy (non-hydrogen) atoms. The Bertz CT molecular complexity index is 532. The second kappa shape index (κ2) is 4.80. The zero-order valence-corrected chi connectivity index (χ0v) is 11.2. The summed E-state index contributed by atoms with van der Waals surface area (Å²) in [6, 6.07) is 2.09. The third-order valence-corrected chi connectivity index (χ3v) is 3.30. The van der Waals surface area contributed by atoms with Crippen LogP contribution < -0.4 is 4.74 Å². The Labute approximate surface area is 107 Å². The second-order valence-electron chi connectivity index (χ2n) is 4.50. The number of nitrogens with zero attached hydrogens (tertiary/aromatic N) is 1. The van der Waals surface area contributed by atoms with Gasteiger partial charge in [-0.15, -0.1) is 0 Å². The molecule has 4 nitrogen and oxygen atoms in total. The maximum Gasteiger partial charge on any atom is 0.331 e. The molecule has 0 heterocycles. The van der Waals surface area contributed by atoms with E-state index in [4.69, 9.17) is 9.57 Å². The van der Waals surface area contributed by atoms with Crippen molar-refractivity contribution < 1.29 is 14.4 Å². The lowest BCUT2D eigenvalue weighted by molar-refractivity contribution is -0.140. The van der Waals surface area contributed by atoms with Crippen LogP contribution in [0.25, 0.3) is 0 Å². The van der Waals surface area contributed by atoms with Crippen LogP contribution in [0.4, 0.5) is 0 Å². The van der Waals surface area contributed by atoms with Crippen molar-refractivity contribution in [1.82, 2.24) is 0 Å². The standard InChI is InChI=1S/C14H17NO3/c1-8-7-12-11(14(17-4)9(8)2)5-6-13(12)15-18-10(3)16/h7H,5-6H2,1-4H3/b15-13-. The topological polar surface area (TPSA) is 47.9 Å². The van der Waals surface area contributed by atoms with Gasteiger partial charge >= 0.3 is 5.97 Å². The molecule has 96 valence electrons. The van der Waals surface area contributed by atoms with Crippen LogP contribution in [0.5, 0.6) is 5.75 Å². The van der Waals surface area contributed by atoms with Crippen molar-refractivity contribution in [3.63, 3.8) is 0 Å². The third-order valence-electron chi connectivity index (χ3n) is 3.30. The summed E-state index contributed by atoms with van der Waals surface area (Å²) in [7, 11) is 1.68. The minimum atomic E-state index is -0.397. The van der Waals surface area contributed by atoms with E-state index in [2.05, 4.69) is 18.1 Å². The first-order valence-electron chi connectivity index (χ1n) is 5.96. The van der Waals surface area contributed by atoms with E-state index in [0.29, 0.717) is 0 Å². The molecule has 0 unspecified atom stereocenters. The molecule has 1 aliphatic carbocycles. The molecular formula is C14H17NO3. The predicted octanol–water partition coefficient (Wildman–Crippen LogP) is 2.53. The molecule has 4 heteroatoms. The maximum absolute atomic E-state index is 10.8. The first-order chi connectivity index (χ1) is 8.54. The van der Waals surface area contributed by atoms with E-state index in [0.717, 1.165) is 46.6 Å². The average molecular weight is 247 g/mol. The number of fused-ring (bicyclic) bond motifs is 1. The number of methoxy groups -OCH3 is 1. The minimum Gasteiger partial charge on any atom is -0.496 e. The summed E-state index contributed by atoms with van der Waals surface area (Å²) in [5.41, 5.74) is 5.33. The molecule has 0 amide bonds. The molecule has 0 saturated heterocycles. The van der Waals surface area contributed by atoms with Gasteiger partial charge in [-0.25, -0.2) is 4.79 Å². The fraction of sp³-hybridized carbons (Fsp3) is 0.429. The normalized spacial score (nSPS) is 15.7. The molecule has 0 bridgehead atoms. The van der Waals surface area contributed by atoms with Crippen LogP contribution >= 0.6 is 0 Å². The molecule has 0 radical (unpaired) electrons. The van der Waals surface area contributed by atoms with Crippen LogP contribution in [0.2, 0.25) is 0 Å². The highest BCUT2D eigenvalue weighted by molar-refractivity contribution is 6.05. The summed E-state index contributed by atoms with van der Waals surface area (Å²) in [6.45, 7) is 5.44. The summed E-state index contributed by atoms with van der Waals surface area (Å²) in [4.78, 5) is 15.5. The van der Waals surface area contributed by atoms with Crippen molar-refractivity contribution in [2.75, 3.05) is 7.11 Å². The number of rotatable bonds is 2. The zero-order valence-electron chi connectivity index (χ0n) is 11.2. The Morgan fingerprint density at radius 2 is 2.06 bits per heavy atom. The molecule has 0 spiro atoms. The smallest absolute Gasteiger partial charge is 0.331 e. The number of oxime groups is 1. The molecule has 0 aromatic heterocycles. The molecule has 0 saturated carbocycles. The van der Waals surface area contributed by atoms with Gasteiger partial charge in [0.05, 0.1) is 12.8 Å². The molecule has 0 atom stereocenters. The highest BCUT2D eigenvalue weighted by Gasteiger charge is 2.24. The highest BCUT2D eigenvalue weighted by Crippen LogP contribution is 2.35. The zero-order chi connectivity index (χ0) is 13.3. The monoisotopic (exact) mass is 247 g/mol. The Morgan fingerprint density at radius 1 is 1.33 bits per heavy atom. The van der Waals surface area contributed by atoms with Gasteiger partial charge in [0.2, 0.25) is 0 Å². The molecular weight excluding hydrogens is 230 g/mol. The van der Waals surface area contributed by atoms with Gasteiger partial charge in [0, 0.05) is 18.1 Å². The second-order valence-corrected chi connectivity index (χ2v) is 4.50. The molecule has 0 N–H and O–H groups in total. The molecule has 2 rings (SSSR count). The lowest BCUT2D eigenvalue weighted by Gasteiger charge is -2.13. The molecule has 0 aliphatic heterocycles. The summed E-state index contributed by atoms with van der Waals surface area (Å²) in [6.07, 6.45) is 1.65. The van der Waals surface area contributed by atoms with Gasteiger partial charge in [-0.1, -0.05) is 5.16 Å². The minimum absolute atomic E-state index is 0.397. The lowest BCUT2D eigenvalue weighted by Crippen LogP contribution is -2.02. The Hall–Kier alpha value is -1.84. The fourth-order valence-corrected chi connectivity index (χ4v) is 2.31. The molecule has 1 aromatic rings. The van der Waals surface area contributed by atoms with Gasteiger partial charge in [0.15, 0.2) is 0 Å². The summed E-state index contributed by atoms with van der Waals surface area (Å²) >= 11 is 0. The van der Waals surface area contributed by atoms with Crippen LogP contribution in [-0.4, -0.2) is 18.8 Å². The maximum atomic E-state index is 10.8. The van der Waals surface area contributed by atoms with Crippen LogP contribution in [0.1, 0.15) is 35.6 Å². The van der Waals surface area contributed by atoms with Gasteiger partial charge in [0.25, 0.3) is 0 Å². The predicted molar refractivity (Wildman–Crippen MR) is 69.1 cm³/mol. The third kappa shape index (κ3) is 2.10. The van der Waals surface area contributed by atoms with Crippen molar-refractivity contribution in [3.8, 4) is 5.75 Å². The quantitative estimate of drug-likeness (QED) is 0.596. The molecule has 0 fully saturated rings. The first kappa shape index (κ1) is 12.6. The summed E-state index contributed by atoms with van der Waals surface area (Å²) < 4.78 is 5.48. The fourth-order valence-electron chi connectivity index (χ4n) is 2.31. The number of aryl methyl sites for hydroxylation is 1. The average Bonchev–Trinajstić information content (AvgIpc) is 2.71. The first-order valence-corrected chi connectivity index (χ1v) is 5.96. The van der Waals surface area contributed by atoms with E-state index in [1.165, 1.54) is 6.92 Å². The van der Waals surface area contributed by atoms with Gasteiger partial charge in [0.1, 0.15) is 5.75 Å². The Kier molecular flexibility index (Phi) is 3.36. The van der Waals surface area contributed by atoms with E-state index >= 15 is 0 Å². The van der Waals surface area contributed by atoms with Gasteiger partial charge in [-0.05, 0) is 43.9 Å². The van der Waals surface area contributed by atoms with Crippen molar-refractivity contribution in [1.29, 1.82) is 0 Å². The molecule has 1 aromatic carbocycles. The lowest BCUT2D eigenvalue weighted by atomic mass is 10.00. The number of benzene rings is 1. The van der Waals surface area contributed by atoms with E-state index in [9.17, 15) is 4.79 Å². The Morgan fingerprint density at radius 3 is 2.67 bits per heavy atom. The highest BCUT2D eigenvalue weighted by atomic mass is 16.7. The summed E-state index contributed by atoms with van der Waals surface area (Å²) in [5, 5.41) is 3.92. The van der Waals surface area contributed by atoms with Crippen molar-refractivity contribution >= 4 is 11.7 Å². The number of hydrogen-bond donors (Lipinski definition) is 0. The van der Waals surface area contributed by atoms with Crippen LogP contribution in [-0.2, 0) is 16.1 Å². The Balaban J connectivity index is 2.48. The number of carbonyl (C=O) groups excluding carboxylic acids is 1.